The highest BCUT2D eigenvalue weighted by molar-refractivity contribution is 9.11. The molecule has 0 saturated carbocycles. The molecule has 1 aromatic rings. The van der Waals surface area contributed by atoms with E-state index < -0.39 is 0 Å². The van der Waals surface area contributed by atoms with Gasteiger partial charge in [0.1, 0.15) is 0 Å². The quantitative estimate of drug-likeness (QED) is 0.721. The summed E-state index contributed by atoms with van der Waals surface area (Å²) in [6.07, 6.45) is 1.99. The smallest absolute Gasteiger partial charge is 0.0247 e. The molecule has 52 valence electrons. The van der Waals surface area contributed by atoms with E-state index >= 15 is 0 Å². The van der Waals surface area contributed by atoms with Crippen molar-refractivity contribution in [2.45, 2.75) is 0 Å². The Labute approximate surface area is 77.2 Å². The lowest BCUT2D eigenvalue weighted by Gasteiger charge is -1.94. The zero-order valence-electron chi connectivity index (χ0n) is 5.22. The van der Waals surface area contributed by atoms with Gasteiger partial charge in [-0.1, -0.05) is 50.1 Å². The summed E-state index contributed by atoms with van der Waals surface area (Å²) in [5, 5.41) is 0. The molecule has 0 fully saturated rings. The lowest BCUT2D eigenvalue weighted by Crippen LogP contribution is -1.71. The summed E-state index contributed by atoms with van der Waals surface area (Å²) >= 11 is 6.64. The first-order valence-corrected chi connectivity index (χ1v) is 4.57. The van der Waals surface area contributed by atoms with Crippen LogP contribution in [0.25, 0.3) is 6.08 Å². The number of halogens is 2. The summed E-state index contributed by atoms with van der Waals surface area (Å²) in [5.74, 6) is 0. The summed E-state index contributed by atoms with van der Waals surface area (Å²) in [6.45, 7) is 0. The summed E-state index contributed by atoms with van der Waals surface area (Å²) in [6, 6.07) is 8.06. The summed E-state index contributed by atoms with van der Waals surface area (Å²) in [5.41, 5.74) is 1.18. The molecule has 0 N–H and O–H groups in total. The fourth-order valence-electron chi connectivity index (χ4n) is 0.678. The topological polar surface area (TPSA) is 0 Å². The molecule has 0 saturated heterocycles. The van der Waals surface area contributed by atoms with Crippen LogP contribution < -0.4 is 0 Å². The molecule has 0 aromatic heterocycles. The minimum Gasteiger partial charge on any atom is -0.0616 e. The molecule has 0 radical (unpaired) electrons. The molecule has 0 aliphatic heterocycles. The van der Waals surface area contributed by atoms with Crippen molar-refractivity contribution in [2.75, 3.05) is 0 Å². The second-order valence-corrected chi connectivity index (χ2v) is 3.20. The van der Waals surface area contributed by atoms with Gasteiger partial charge in [-0.05, 0) is 22.7 Å². The molecule has 0 unspecified atom stereocenters. The highest BCUT2D eigenvalue weighted by Crippen LogP contribution is 2.17. The molecule has 0 nitrogen and oxygen atoms in total. The van der Waals surface area contributed by atoms with Crippen LogP contribution in [0.4, 0.5) is 0 Å². The van der Waals surface area contributed by atoms with Crippen LogP contribution in [0.2, 0.25) is 0 Å². The van der Waals surface area contributed by atoms with Crippen molar-refractivity contribution in [3.8, 4) is 0 Å². The van der Waals surface area contributed by atoms with Crippen LogP contribution in [0.5, 0.6) is 0 Å². The largest absolute Gasteiger partial charge is 0.0616 e. The zero-order valence-corrected chi connectivity index (χ0v) is 8.39. The maximum atomic E-state index is 3.43. The number of benzene rings is 1. The van der Waals surface area contributed by atoms with E-state index in [1.54, 1.807) is 0 Å². The molecule has 1 aromatic carbocycles. The average Bonchev–Trinajstić information content (AvgIpc) is 1.94. The molecule has 0 aliphatic carbocycles. The van der Waals surface area contributed by atoms with E-state index in [0.717, 1.165) is 4.47 Å². The summed E-state index contributed by atoms with van der Waals surface area (Å²) < 4.78 is 1.12. The van der Waals surface area contributed by atoms with Crippen LogP contribution in [0.15, 0.2) is 33.7 Å². The Morgan fingerprint density at radius 3 is 2.50 bits per heavy atom. The first kappa shape index (κ1) is 8.02. The fraction of sp³-hybridized carbons (Fsp3) is 0. The van der Waals surface area contributed by atoms with Crippen molar-refractivity contribution >= 4 is 37.9 Å². The molecule has 0 spiro atoms. The molecule has 0 bridgehead atoms. The monoisotopic (exact) mass is 260 g/mol. The predicted molar refractivity (Wildman–Crippen MR) is 52.1 cm³/mol. The fourth-order valence-corrected chi connectivity index (χ4v) is 1.38. The first-order valence-electron chi connectivity index (χ1n) is 2.86. The molecule has 0 heterocycles. The standard InChI is InChI=1S/C8H6Br2/c9-6-5-7-3-1-2-4-8(7)10/h1-6H. The number of hydrogen-bond donors (Lipinski definition) is 0. The lowest BCUT2D eigenvalue weighted by atomic mass is 10.2. The van der Waals surface area contributed by atoms with Gasteiger partial charge in [-0.2, -0.15) is 0 Å². The third kappa shape index (κ3) is 1.96. The van der Waals surface area contributed by atoms with Gasteiger partial charge in [-0.15, -0.1) is 0 Å². The second-order valence-electron chi connectivity index (χ2n) is 1.81. The Bertz CT molecular complexity index is 241. The molecule has 10 heavy (non-hydrogen) atoms. The van der Waals surface area contributed by atoms with Crippen molar-refractivity contribution in [1.82, 2.24) is 0 Å². The van der Waals surface area contributed by atoms with Crippen LogP contribution in [-0.2, 0) is 0 Å². The minimum atomic E-state index is 1.12. The van der Waals surface area contributed by atoms with Crippen LogP contribution in [0.1, 0.15) is 5.56 Å². The Hall–Kier alpha value is -0.0800. The van der Waals surface area contributed by atoms with E-state index in [-0.39, 0.29) is 0 Å². The minimum absolute atomic E-state index is 1.12. The van der Waals surface area contributed by atoms with E-state index in [4.69, 9.17) is 0 Å². The Morgan fingerprint density at radius 1 is 1.20 bits per heavy atom. The van der Waals surface area contributed by atoms with Crippen molar-refractivity contribution in [2.24, 2.45) is 0 Å². The van der Waals surface area contributed by atoms with Gasteiger partial charge in [-0.25, -0.2) is 0 Å². The molecular formula is C8H6Br2. The van der Waals surface area contributed by atoms with Crippen LogP contribution >= 0.6 is 31.9 Å². The molecule has 0 aliphatic rings. The van der Waals surface area contributed by atoms with E-state index in [1.165, 1.54) is 5.56 Å². The molecule has 0 amide bonds. The molecular weight excluding hydrogens is 256 g/mol. The van der Waals surface area contributed by atoms with Crippen molar-refractivity contribution in [1.29, 1.82) is 0 Å². The van der Waals surface area contributed by atoms with Gasteiger partial charge < -0.3 is 0 Å². The van der Waals surface area contributed by atoms with Gasteiger partial charge in [0.05, 0.1) is 0 Å². The normalized spacial score (nSPS) is 10.6. The van der Waals surface area contributed by atoms with Crippen LogP contribution in [0.3, 0.4) is 0 Å². The van der Waals surface area contributed by atoms with Gasteiger partial charge in [0.15, 0.2) is 0 Å². The van der Waals surface area contributed by atoms with E-state index in [9.17, 15) is 0 Å². The molecule has 1 rings (SSSR count). The SMILES string of the molecule is BrC=Cc1ccccc1Br. The average molecular weight is 262 g/mol. The van der Waals surface area contributed by atoms with Gasteiger partial charge in [-0.3, -0.25) is 0 Å². The Morgan fingerprint density at radius 2 is 1.90 bits per heavy atom. The highest BCUT2D eigenvalue weighted by atomic mass is 79.9. The van der Waals surface area contributed by atoms with E-state index in [1.807, 2.05) is 35.3 Å². The third-order valence-corrected chi connectivity index (χ3v) is 2.13. The van der Waals surface area contributed by atoms with Crippen LogP contribution in [0, 0.1) is 0 Å². The van der Waals surface area contributed by atoms with E-state index in [2.05, 4.69) is 31.9 Å². The maximum Gasteiger partial charge on any atom is 0.0247 e. The summed E-state index contributed by atoms with van der Waals surface area (Å²) in [7, 11) is 0. The van der Waals surface area contributed by atoms with Gasteiger partial charge in [0.25, 0.3) is 0 Å². The first-order chi connectivity index (χ1) is 4.84. The van der Waals surface area contributed by atoms with Gasteiger partial charge >= 0.3 is 0 Å². The zero-order chi connectivity index (χ0) is 7.40. The van der Waals surface area contributed by atoms with Gasteiger partial charge in [0, 0.05) is 4.47 Å². The van der Waals surface area contributed by atoms with Crippen molar-refractivity contribution in [3.63, 3.8) is 0 Å². The molecule has 2 heteroatoms. The number of hydrogen-bond acceptors (Lipinski definition) is 0. The van der Waals surface area contributed by atoms with Crippen LogP contribution in [-0.4, -0.2) is 0 Å². The lowest BCUT2D eigenvalue weighted by molar-refractivity contribution is 1.61. The highest BCUT2D eigenvalue weighted by Gasteiger charge is 1.90. The van der Waals surface area contributed by atoms with E-state index in [0.29, 0.717) is 0 Å². The van der Waals surface area contributed by atoms with Crippen molar-refractivity contribution in [3.05, 3.63) is 39.3 Å². The Balaban J connectivity index is 3.03. The Kier molecular flexibility index (Phi) is 3.16. The second kappa shape index (κ2) is 3.94. The third-order valence-electron chi connectivity index (χ3n) is 1.15. The summed E-state index contributed by atoms with van der Waals surface area (Å²) in [4.78, 5) is 1.84. The predicted octanol–water partition coefficient (Wildman–Crippen LogP) is 3.81. The van der Waals surface area contributed by atoms with Gasteiger partial charge in [0.2, 0.25) is 0 Å². The molecule has 0 atom stereocenters. The maximum absolute atomic E-state index is 3.43. The number of rotatable bonds is 1. The van der Waals surface area contributed by atoms with Crippen molar-refractivity contribution < 1.29 is 0 Å².